The number of benzene rings is 2. The number of nitrogens with one attached hydrogen (secondary N) is 2. The summed E-state index contributed by atoms with van der Waals surface area (Å²) in [5.74, 6) is 0.324. The zero-order valence-electron chi connectivity index (χ0n) is 16.8. The highest BCUT2D eigenvalue weighted by atomic mass is 35.5. The third kappa shape index (κ3) is 4.95. The predicted molar refractivity (Wildman–Crippen MR) is 115 cm³/mol. The molecule has 0 aliphatic carbocycles. The van der Waals surface area contributed by atoms with Gasteiger partial charge >= 0.3 is 0 Å². The summed E-state index contributed by atoms with van der Waals surface area (Å²) in [6, 6.07) is 14.1. The summed E-state index contributed by atoms with van der Waals surface area (Å²) in [7, 11) is 0. The summed E-state index contributed by atoms with van der Waals surface area (Å²) in [4.78, 5) is 29.8. The molecule has 3 rings (SSSR count). The van der Waals surface area contributed by atoms with E-state index in [4.69, 9.17) is 11.6 Å². The Morgan fingerprint density at radius 1 is 1.07 bits per heavy atom. The average Bonchev–Trinajstić information content (AvgIpc) is 3.06. The minimum absolute atomic E-state index is 0.0834. The van der Waals surface area contributed by atoms with Crippen LogP contribution in [0.25, 0.3) is 11.0 Å². The zero-order valence-corrected chi connectivity index (χ0v) is 17.5. The summed E-state index contributed by atoms with van der Waals surface area (Å²) in [5.41, 5.74) is 2.15. The first-order valence-corrected chi connectivity index (χ1v) is 10.1. The fraction of sp³-hybridized carbons (Fsp3) is 0.318. The van der Waals surface area contributed by atoms with Gasteiger partial charge in [-0.25, -0.2) is 4.98 Å². The molecule has 7 heteroatoms. The fourth-order valence-electron chi connectivity index (χ4n) is 3.10. The van der Waals surface area contributed by atoms with Crippen molar-refractivity contribution in [1.29, 1.82) is 0 Å². The van der Waals surface area contributed by atoms with Crippen molar-refractivity contribution < 1.29 is 9.59 Å². The van der Waals surface area contributed by atoms with Gasteiger partial charge in [0.05, 0.1) is 17.1 Å². The standard InChI is InChI=1S/C22H25ClN4O2/c1-4-14(2)24-20(28)13-27-19-8-6-5-7-18(19)26-21(27)15(3)25-22(29)16-9-11-17(23)12-10-16/h5-12,14-15H,4,13H2,1-3H3,(H,24,28)(H,25,29). The Morgan fingerprint density at radius 2 is 1.76 bits per heavy atom. The molecule has 2 aromatic carbocycles. The van der Waals surface area contributed by atoms with Crippen LogP contribution in [0.4, 0.5) is 0 Å². The maximum absolute atomic E-state index is 12.6. The van der Waals surface area contributed by atoms with Crippen LogP contribution in [0.3, 0.4) is 0 Å². The highest BCUT2D eigenvalue weighted by Crippen LogP contribution is 2.21. The quantitative estimate of drug-likeness (QED) is 0.613. The molecular formula is C22H25ClN4O2. The van der Waals surface area contributed by atoms with E-state index in [2.05, 4.69) is 15.6 Å². The summed E-state index contributed by atoms with van der Waals surface area (Å²) >= 11 is 5.90. The van der Waals surface area contributed by atoms with Crippen LogP contribution >= 0.6 is 11.6 Å². The van der Waals surface area contributed by atoms with Gasteiger partial charge in [0, 0.05) is 16.6 Å². The van der Waals surface area contributed by atoms with Crippen molar-refractivity contribution >= 4 is 34.4 Å². The molecule has 2 unspecified atom stereocenters. The smallest absolute Gasteiger partial charge is 0.251 e. The molecule has 1 aromatic heterocycles. The molecule has 0 bridgehead atoms. The van der Waals surface area contributed by atoms with Gasteiger partial charge in [0.15, 0.2) is 0 Å². The van der Waals surface area contributed by atoms with E-state index in [1.165, 1.54) is 0 Å². The van der Waals surface area contributed by atoms with E-state index in [-0.39, 0.29) is 30.4 Å². The molecule has 2 atom stereocenters. The maximum atomic E-state index is 12.6. The zero-order chi connectivity index (χ0) is 21.0. The Hall–Kier alpha value is -2.86. The molecule has 3 aromatic rings. The third-order valence-corrected chi connectivity index (χ3v) is 5.10. The van der Waals surface area contributed by atoms with Gasteiger partial charge in [-0.1, -0.05) is 30.7 Å². The summed E-state index contributed by atoms with van der Waals surface area (Å²) in [5, 5.41) is 6.52. The van der Waals surface area contributed by atoms with E-state index in [0.29, 0.717) is 16.4 Å². The monoisotopic (exact) mass is 412 g/mol. The number of hydrogen-bond acceptors (Lipinski definition) is 3. The van der Waals surface area contributed by atoms with Crippen LogP contribution in [-0.4, -0.2) is 27.4 Å². The van der Waals surface area contributed by atoms with Gasteiger partial charge in [0.2, 0.25) is 5.91 Å². The van der Waals surface area contributed by atoms with Crippen molar-refractivity contribution in [3.63, 3.8) is 0 Å². The topological polar surface area (TPSA) is 76.0 Å². The summed E-state index contributed by atoms with van der Waals surface area (Å²) < 4.78 is 1.86. The van der Waals surface area contributed by atoms with E-state index in [0.717, 1.165) is 17.5 Å². The highest BCUT2D eigenvalue weighted by Gasteiger charge is 2.21. The van der Waals surface area contributed by atoms with Crippen LogP contribution < -0.4 is 10.6 Å². The van der Waals surface area contributed by atoms with Gasteiger partial charge in [0.25, 0.3) is 5.91 Å². The Morgan fingerprint density at radius 3 is 2.45 bits per heavy atom. The van der Waals surface area contributed by atoms with E-state index in [1.807, 2.05) is 49.6 Å². The number of para-hydroxylation sites is 2. The molecule has 0 fully saturated rings. The number of aromatic nitrogens is 2. The third-order valence-electron chi connectivity index (χ3n) is 4.85. The van der Waals surface area contributed by atoms with Gasteiger partial charge < -0.3 is 15.2 Å². The van der Waals surface area contributed by atoms with E-state index in [9.17, 15) is 9.59 Å². The van der Waals surface area contributed by atoms with Crippen molar-refractivity contribution in [2.45, 2.75) is 45.8 Å². The lowest BCUT2D eigenvalue weighted by molar-refractivity contribution is -0.122. The van der Waals surface area contributed by atoms with Gasteiger partial charge in [0.1, 0.15) is 12.4 Å². The second-order valence-electron chi connectivity index (χ2n) is 7.12. The average molecular weight is 413 g/mol. The lowest BCUT2D eigenvalue weighted by atomic mass is 10.2. The number of carbonyl (C=O) groups is 2. The molecule has 0 spiro atoms. The molecule has 1 heterocycles. The number of imidazole rings is 1. The second kappa shape index (κ2) is 9.09. The van der Waals surface area contributed by atoms with Crippen LogP contribution in [0.5, 0.6) is 0 Å². The molecule has 0 aliphatic rings. The molecule has 0 saturated heterocycles. The highest BCUT2D eigenvalue weighted by molar-refractivity contribution is 6.30. The molecule has 0 radical (unpaired) electrons. The molecule has 0 saturated carbocycles. The molecule has 0 aliphatic heterocycles. The number of rotatable bonds is 7. The SMILES string of the molecule is CCC(C)NC(=O)Cn1c(C(C)NC(=O)c2ccc(Cl)cc2)nc2ccccc21. The van der Waals surface area contributed by atoms with Crippen LogP contribution in [0, 0.1) is 0 Å². The number of carbonyl (C=O) groups excluding carboxylic acids is 2. The van der Waals surface area contributed by atoms with E-state index in [1.54, 1.807) is 24.3 Å². The van der Waals surface area contributed by atoms with E-state index < -0.39 is 0 Å². The second-order valence-corrected chi connectivity index (χ2v) is 7.56. The molecule has 29 heavy (non-hydrogen) atoms. The Balaban J connectivity index is 1.86. The maximum Gasteiger partial charge on any atom is 0.251 e. The first-order valence-electron chi connectivity index (χ1n) is 9.70. The Bertz CT molecular complexity index is 1010. The van der Waals surface area contributed by atoms with Gasteiger partial charge in [-0.05, 0) is 56.7 Å². The van der Waals surface area contributed by atoms with Crippen LogP contribution in [0.15, 0.2) is 48.5 Å². The minimum Gasteiger partial charge on any atom is -0.352 e. The van der Waals surface area contributed by atoms with Crippen molar-refractivity contribution in [3.05, 3.63) is 64.9 Å². The number of fused-ring (bicyclic) bond motifs is 1. The first-order chi connectivity index (χ1) is 13.9. The van der Waals surface area contributed by atoms with Crippen LogP contribution in [0.2, 0.25) is 5.02 Å². The fourth-order valence-corrected chi connectivity index (χ4v) is 3.23. The van der Waals surface area contributed by atoms with Crippen LogP contribution in [0.1, 0.15) is 49.4 Å². The van der Waals surface area contributed by atoms with Gasteiger partial charge in [-0.3, -0.25) is 9.59 Å². The lowest BCUT2D eigenvalue weighted by Gasteiger charge is -2.17. The van der Waals surface area contributed by atoms with Crippen molar-refractivity contribution in [1.82, 2.24) is 20.2 Å². The molecular weight excluding hydrogens is 388 g/mol. The number of amides is 2. The van der Waals surface area contributed by atoms with Gasteiger partial charge in [-0.2, -0.15) is 0 Å². The number of hydrogen-bond donors (Lipinski definition) is 2. The Kier molecular flexibility index (Phi) is 6.54. The lowest BCUT2D eigenvalue weighted by Crippen LogP contribution is -2.36. The van der Waals surface area contributed by atoms with Gasteiger partial charge in [-0.15, -0.1) is 0 Å². The summed E-state index contributed by atoms with van der Waals surface area (Å²) in [6.45, 7) is 6.00. The molecule has 152 valence electrons. The Labute approximate surface area is 175 Å². The largest absolute Gasteiger partial charge is 0.352 e. The van der Waals surface area contributed by atoms with Crippen molar-refractivity contribution in [3.8, 4) is 0 Å². The molecule has 2 N–H and O–H groups in total. The number of nitrogens with zero attached hydrogens (tertiary/aromatic N) is 2. The predicted octanol–water partition coefficient (Wildman–Crippen LogP) is 4.10. The first kappa shape index (κ1) is 20.9. The minimum atomic E-state index is -0.387. The van der Waals surface area contributed by atoms with Crippen molar-refractivity contribution in [2.75, 3.05) is 0 Å². The van der Waals surface area contributed by atoms with Crippen LogP contribution in [-0.2, 0) is 11.3 Å². The molecule has 2 amide bonds. The normalized spacial score (nSPS) is 13.1. The van der Waals surface area contributed by atoms with E-state index >= 15 is 0 Å². The van der Waals surface area contributed by atoms with Crippen molar-refractivity contribution in [2.24, 2.45) is 0 Å². The number of halogens is 1. The summed E-state index contributed by atoms with van der Waals surface area (Å²) in [6.07, 6.45) is 0.858. The molecule has 6 nitrogen and oxygen atoms in total.